The predicted octanol–water partition coefficient (Wildman–Crippen LogP) is 2.64. The lowest BCUT2D eigenvalue weighted by molar-refractivity contribution is -0.867. The van der Waals surface area contributed by atoms with Crippen LogP contribution in [0.3, 0.4) is 0 Å². The van der Waals surface area contributed by atoms with Gasteiger partial charge in [0.15, 0.2) is 0 Å². The number of carbonyl (C=O) groups excluding carboxylic acids is 1. The summed E-state index contributed by atoms with van der Waals surface area (Å²) < 4.78 is 0.906. The molecule has 2 nitrogen and oxygen atoms in total. The zero-order valence-electron chi connectivity index (χ0n) is 9.74. The fourth-order valence-electron chi connectivity index (χ4n) is 1.06. The van der Waals surface area contributed by atoms with Gasteiger partial charge in [-0.05, 0) is 23.9 Å². The molecule has 0 radical (unpaired) electrons. The van der Waals surface area contributed by atoms with Crippen molar-refractivity contribution in [2.45, 2.75) is 6.92 Å². The number of nitrogens with zero attached hydrogens (tertiary/aromatic N) is 1. The Bertz CT molecular complexity index is 339. The number of aryl methyl sites for hydroxylation is 1. The van der Waals surface area contributed by atoms with Crippen LogP contribution in [-0.2, 0) is 0 Å². The summed E-state index contributed by atoms with van der Waals surface area (Å²) in [6.45, 7) is 3.00. The monoisotopic (exact) mass is 244 g/mol. The Balaban J connectivity index is 2.41. The van der Waals surface area contributed by atoms with Crippen LogP contribution in [0, 0.1) is 6.92 Å². The molecule has 0 aromatic carbocycles. The smallest absolute Gasteiger partial charge is 0.229 e. The van der Waals surface area contributed by atoms with Gasteiger partial charge in [-0.1, -0.05) is 11.8 Å². The number of hydrogen-bond acceptors (Lipinski definition) is 3. The lowest BCUT2D eigenvalue weighted by Gasteiger charge is -2.23. The maximum atomic E-state index is 11.8. The summed E-state index contributed by atoms with van der Waals surface area (Å²) in [7, 11) is 6.42. The minimum Gasteiger partial charge on any atom is -0.330 e. The van der Waals surface area contributed by atoms with E-state index in [2.05, 4.69) is 21.1 Å². The van der Waals surface area contributed by atoms with Gasteiger partial charge in [0.05, 0.1) is 38.3 Å². The number of hydrogen-bond donors (Lipinski definition) is 0. The van der Waals surface area contributed by atoms with E-state index in [1.165, 1.54) is 11.8 Å². The topological polar surface area (TPSA) is 17.1 Å². The molecule has 1 heterocycles. The zero-order chi connectivity index (χ0) is 11.5. The number of thiophene rings is 1. The first-order valence-corrected chi connectivity index (χ1v) is 6.78. The maximum Gasteiger partial charge on any atom is 0.229 e. The number of rotatable bonds is 4. The molecule has 0 N–H and O–H groups in total. The van der Waals surface area contributed by atoms with Crippen molar-refractivity contribution in [3.05, 3.63) is 21.9 Å². The van der Waals surface area contributed by atoms with Crippen molar-refractivity contribution < 1.29 is 9.28 Å². The molecule has 1 rings (SSSR count). The molecule has 84 valence electrons. The molecule has 0 bridgehead atoms. The van der Waals surface area contributed by atoms with E-state index in [0.29, 0.717) is 0 Å². The maximum absolute atomic E-state index is 11.8. The average Bonchev–Trinajstić information content (AvgIpc) is 2.48. The second-order valence-corrected chi connectivity index (χ2v) is 6.57. The zero-order valence-corrected chi connectivity index (χ0v) is 11.4. The van der Waals surface area contributed by atoms with Crippen molar-refractivity contribution in [3.63, 3.8) is 0 Å². The first-order valence-electron chi connectivity index (χ1n) is 4.92. The third kappa shape index (κ3) is 4.36. The summed E-state index contributed by atoms with van der Waals surface area (Å²) in [6.07, 6.45) is 0. The van der Waals surface area contributed by atoms with Crippen molar-refractivity contribution in [1.82, 2.24) is 0 Å². The van der Waals surface area contributed by atoms with Crippen LogP contribution < -0.4 is 0 Å². The predicted molar refractivity (Wildman–Crippen MR) is 68.7 cm³/mol. The van der Waals surface area contributed by atoms with Gasteiger partial charge in [0.25, 0.3) is 0 Å². The second-order valence-electron chi connectivity index (χ2n) is 4.58. The molecule has 1 aromatic heterocycles. The SMILES string of the molecule is Cc1ccsc1C(=O)SCC[N+](C)(C)C. The van der Waals surface area contributed by atoms with E-state index < -0.39 is 0 Å². The van der Waals surface area contributed by atoms with Crippen LogP contribution in [-0.4, -0.2) is 43.0 Å². The molecule has 0 spiro atoms. The Morgan fingerprint density at radius 3 is 2.60 bits per heavy atom. The van der Waals surface area contributed by atoms with Crippen LogP contribution in [0.4, 0.5) is 0 Å². The first-order chi connectivity index (χ1) is 6.90. The molecule has 0 aliphatic rings. The minimum atomic E-state index is 0.218. The highest BCUT2D eigenvalue weighted by Crippen LogP contribution is 2.21. The molecule has 4 heteroatoms. The quantitative estimate of drug-likeness (QED) is 0.757. The Labute approximate surface area is 99.9 Å². The molecular weight excluding hydrogens is 226 g/mol. The normalized spacial score (nSPS) is 11.7. The Kier molecular flexibility index (Phi) is 4.37. The molecule has 0 aliphatic heterocycles. The summed E-state index contributed by atoms with van der Waals surface area (Å²) in [6, 6.07) is 2.00. The molecule has 15 heavy (non-hydrogen) atoms. The first kappa shape index (κ1) is 12.7. The van der Waals surface area contributed by atoms with Gasteiger partial charge in [-0.2, -0.15) is 0 Å². The molecule has 0 unspecified atom stereocenters. The Morgan fingerprint density at radius 2 is 2.13 bits per heavy atom. The molecular formula is C11H18NOS2+. The lowest BCUT2D eigenvalue weighted by Crippen LogP contribution is -2.36. The van der Waals surface area contributed by atoms with E-state index >= 15 is 0 Å². The Morgan fingerprint density at radius 1 is 1.47 bits per heavy atom. The largest absolute Gasteiger partial charge is 0.330 e. The fraction of sp³-hybridized carbons (Fsp3) is 0.545. The number of thioether (sulfide) groups is 1. The Hall–Kier alpha value is -0.320. The van der Waals surface area contributed by atoms with Gasteiger partial charge in [0, 0.05) is 0 Å². The van der Waals surface area contributed by atoms with Crippen LogP contribution in [0.2, 0.25) is 0 Å². The third-order valence-electron chi connectivity index (χ3n) is 2.04. The van der Waals surface area contributed by atoms with Crippen LogP contribution in [0.1, 0.15) is 15.2 Å². The molecule has 0 saturated carbocycles. The summed E-state index contributed by atoms with van der Waals surface area (Å²) in [5.41, 5.74) is 1.10. The number of quaternary nitrogens is 1. The summed E-state index contributed by atoms with van der Waals surface area (Å²) in [5, 5.41) is 2.19. The minimum absolute atomic E-state index is 0.218. The van der Waals surface area contributed by atoms with E-state index in [1.54, 1.807) is 11.3 Å². The van der Waals surface area contributed by atoms with Crippen molar-refractivity contribution >= 4 is 28.2 Å². The van der Waals surface area contributed by atoms with Gasteiger partial charge in [-0.3, -0.25) is 4.79 Å². The van der Waals surface area contributed by atoms with Gasteiger partial charge in [0.2, 0.25) is 5.12 Å². The lowest BCUT2D eigenvalue weighted by atomic mass is 10.3. The molecule has 0 amide bonds. The van der Waals surface area contributed by atoms with Crippen molar-refractivity contribution in [2.24, 2.45) is 0 Å². The standard InChI is InChI=1S/C11H18NOS2/c1-9-5-7-14-10(9)11(13)15-8-6-12(2,3)4/h5,7H,6,8H2,1-4H3/q+1. The molecule has 1 aromatic rings. The molecule has 0 aliphatic carbocycles. The van der Waals surface area contributed by atoms with Gasteiger partial charge < -0.3 is 4.48 Å². The van der Waals surface area contributed by atoms with Crippen LogP contribution in [0.15, 0.2) is 11.4 Å². The highest BCUT2D eigenvalue weighted by Gasteiger charge is 2.13. The van der Waals surface area contributed by atoms with Gasteiger partial charge in [-0.25, -0.2) is 0 Å². The molecule has 0 fully saturated rings. The average molecular weight is 244 g/mol. The van der Waals surface area contributed by atoms with Crippen molar-refractivity contribution in [2.75, 3.05) is 33.4 Å². The van der Waals surface area contributed by atoms with E-state index in [-0.39, 0.29) is 5.12 Å². The van der Waals surface area contributed by atoms with Crippen molar-refractivity contribution in [1.29, 1.82) is 0 Å². The van der Waals surface area contributed by atoms with Crippen LogP contribution in [0.25, 0.3) is 0 Å². The summed E-state index contributed by atoms with van der Waals surface area (Å²) in [5.74, 6) is 0.889. The van der Waals surface area contributed by atoms with Gasteiger partial charge >= 0.3 is 0 Å². The van der Waals surface area contributed by atoms with Crippen molar-refractivity contribution in [3.8, 4) is 0 Å². The van der Waals surface area contributed by atoms with E-state index in [9.17, 15) is 4.79 Å². The number of carbonyl (C=O) groups is 1. The highest BCUT2D eigenvalue weighted by molar-refractivity contribution is 8.14. The second kappa shape index (κ2) is 5.14. The van der Waals surface area contributed by atoms with E-state index in [4.69, 9.17) is 0 Å². The van der Waals surface area contributed by atoms with E-state index in [1.807, 2.05) is 18.4 Å². The molecule has 0 atom stereocenters. The van der Waals surface area contributed by atoms with Crippen LogP contribution >= 0.6 is 23.1 Å². The summed E-state index contributed by atoms with van der Waals surface area (Å²) in [4.78, 5) is 12.7. The molecule has 0 saturated heterocycles. The third-order valence-corrected chi connectivity index (χ3v) is 4.04. The van der Waals surface area contributed by atoms with Crippen LogP contribution in [0.5, 0.6) is 0 Å². The fourth-order valence-corrected chi connectivity index (χ4v) is 3.26. The highest BCUT2D eigenvalue weighted by atomic mass is 32.2. The van der Waals surface area contributed by atoms with Gasteiger partial charge in [0.1, 0.15) is 0 Å². The summed E-state index contributed by atoms with van der Waals surface area (Å²) >= 11 is 2.97. The van der Waals surface area contributed by atoms with E-state index in [0.717, 1.165) is 27.2 Å². The van der Waals surface area contributed by atoms with Gasteiger partial charge in [-0.15, -0.1) is 11.3 Å².